The summed E-state index contributed by atoms with van der Waals surface area (Å²) in [5.74, 6) is 0.437. The summed E-state index contributed by atoms with van der Waals surface area (Å²) in [5.41, 5.74) is 4.16. The number of carbonyl (C=O) groups is 2. The van der Waals surface area contributed by atoms with Gasteiger partial charge in [-0.25, -0.2) is 10.2 Å². The molecule has 2 heterocycles. The number of thioether (sulfide) groups is 1. The van der Waals surface area contributed by atoms with E-state index in [4.69, 9.17) is 16.3 Å². The fourth-order valence-corrected chi connectivity index (χ4v) is 5.75. The number of nitrogens with one attached hydrogen (secondary N) is 1. The number of hydrogen-bond acceptors (Lipinski definition) is 8. The van der Waals surface area contributed by atoms with E-state index in [2.05, 4.69) is 20.7 Å². The molecule has 38 heavy (non-hydrogen) atoms. The summed E-state index contributed by atoms with van der Waals surface area (Å²) in [6.07, 6.45) is 1.51. The molecule has 0 saturated carbocycles. The average molecular weight is 562 g/mol. The van der Waals surface area contributed by atoms with E-state index < -0.39 is 5.97 Å². The van der Waals surface area contributed by atoms with Crippen LogP contribution >= 0.6 is 34.7 Å². The molecule has 0 atom stereocenters. The first-order valence-corrected chi connectivity index (χ1v) is 13.6. The third-order valence-corrected chi connectivity index (χ3v) is 7.94. The number of esters is 1. The fraction of sp³-hybridized carbons (Fsp3) is 0.0741. The largest absolute Gasteiger partial charge is 0.422 e. The number of aryl methyl sites for hydroxylation is 1. The van der Waals surface area contributed by atoms with Crippen molar-refractivity contribution in [3.05, 3.63) is 100 Å². The van der Waals surface area contributed by atoms with Crippen LogP contribution in [0.4, 0.5) is 0 Å². The van der Waals surface area contributed by atoms with E-state index >= 15 is 0 Å². The van der Waals surface area contributed by atoms with Gasteiger partial charge in [0.15, 0.2) is 5.16 Å². The zero-order valence-electron chi connectivity index (χ0n) is 20.0. The van der Waals surface area contributed by atoms with E-state index in [1.807, 2.05) is 66.1 Å². The molecule has 0 unspecified atom stereocenters. The molecular weight excluding hydrogens is 542 g/mol. The van der Waals surface area contributed by atoms with Crippen molar-refractivity contribution in [2.45, 2.75) is 12.1 Å². The Morgan fingerprint density at radius 1 is 1.05 bits per heavy atom. The van der Waals surface area contributed by atoms with Crippen molar-refractivity contribution < 1.29 is 14.3 Å². The summed E-state index contributed by atoms with van der Waals surface area (Å²) in [6.45, 7) is 1.86. The van der Waals surface area contributed by atoms with Gasteiger partial charge in [0.2, 0.25) is 0 Å². The molecule has 0 radical (unpaired) electrons. The standard InChI is InChI=1S/C27H20ClN5O3S2/c1-17-30-32-27(33(17)19-7-3-2-4-8-19)37-16-23(34)31-29-15-18-11-13-20(14-12-18)36-26(35)25-24(28)21-9-5-6-10-22(21)38-25/h2-15H,16H2,1H3,(H,31,34). The minimum atomic E-state index is -0.513. The first kappa shape index (κ1) is 25.7. The second-order valence-electron chi connectivity index (χ2n) is 7.98. The van der Waals surface area contributed by atoms with Crippen molar-refractivity contribution in [1.82, 2.24) is 20.2 Å². The topological polar surface area (TPSA) is 98.5 Å². The van der Waals surface area contributed by atoms with E-state index in [1.54, 1.807) is 24.3 Å². The van der Waals surface area contributed by atoms with Gasteiger partial charge in [-0.1, -0.05) is 59.8 Å². The smallest absolute Gasteiger partial charge is 0.355 e. The summed E-state index contributed by atoms with van der Waals surface area (Å²) in [4.78, 5) is 25.3. The Labute approximate surface area is 231 Å². The quantitative estimate of drug-likeness (QED) is 0.0832. The molecule has 2 aromatic heterocycles. The molecule has 3 aromatic carbocycles. The van der Waals surface area contributed by atoms with Crippen LogP contribution in [0.2, 0.25) is 5.02 Å². The highest BCUT2D eigenvalue weighted by Crippen LogP contribution is 2.35. The molecule has 0 bridgehead atoms. The number of benzene rings is 3. The number of ether oxygens (including phenoxy) is 1. The predicted molar refractivity (Wildman–Crippen MR) is 151 cm³/mol. The maximum absolute atomic E-state index is 12.6. The van der Waals surface area contributed by atoms with Gasteiger partial charge in [0, 0.05) is 15.8 Å². The summed E-state index contributed by atoms with van der Waals surface area (Å²) in [6, 6.07) is 24.0. The highest BCUT2D eigenvalue weighted by molar-refractivity contribution is 7.99. The molecule has 0 fully saturated rings. The minimum Gasteiger partial charge on any atom is -0.422 e. The van der Waals surface area contributed by atoms with E-state index in [0.717, 1.165) is 27.2 Å². The van der Waals surface area contributed by atoms with Crippen LogP contribution in [-0.4, -0.2) is 38.6 Å². The first-order chi connectivity index (χ1) is 18.5. The van der Waals surface area contributed by atoms with Crippen molar-refractivity contribution in [3.63, 3.8) is 0 Å². The van der Waals surface area contributed by atoms with Crippen molar-refractivity contribution in [2.24, 2.45) is 5.10 Å². The lowest BCUT2D eigenvalue weighted by Crippen LogP contribution is -2.20. The Morgan fingerprint density at radius 3 is 2.55 bits per heavy atom. The van der Waals surface area contributed by atoms with Gasteiger partial charge in [0.05, 0.1) is 17.0 Å². The van der Waals surface area contributed by atoms with Crippen LogP contribution in [0, 0.1) is 6.92 Å². The molecular formula is C27H20ClN5O3S2. The summed E-state index contributed by atoms with van der Waals surface area (Å²) in [5, 5.41) is 14.1. The predicted octanol–water partition coefficient (Wildman–Crippen LogP) is 5.91. The van der Waals surface area contributed by atoms with Crippen LogP contribution in [0.15, 0.2) is 89.1 Å². The normalized spacial score (nSPS) is 11.2. The Hall–Kier alpha value is -3.99. The molecule has 0 aliphatic carbocycles. The van der Waals surface area contributed by atoms with Crippen LogP contribution in [0.25, 0.3) is 15.8 Å². The molecule has 1 N–H and O–H groups in total. The van der Waals surface area contributed by atoms with E-state index in [0.29, 0.717) is 20.8 Å². The van der Waals surface area contributed by atoms with Crippen molar-refractivity contribution in [2.75, 3.05) is 5.75 Å². The lowest BCUT2D eigenvalue weighted by atomic mass is 10.2. The summed E-state index contributed by atoms with van der Waals surface area (Å²) in [7, 11) is 0. The number of amides is 1. The van der Waals surface area contributed by atoms with Gasteiger partial charge in [-0.05, 0) is 55.0 Å². The summed E-state index contributed by atoms with van der Waals surface area (Å²) >= 11 is 8.93. The van der Waals surface area contributed by atoms with Crippen LogP contribution in [0.1, 0.15) is 21.1 Å². The number of aromatic nitrogens is 3. The monoisotopic (exact) mass is 561 g/mol. The third-order valence-electron chi connectivity index (χ3n) is 5.36. The van der Waals surface area contributed by atoms with Crippen molar-refractivity contribution in [3.8, 4) is 11.4 Å². The third kappa shape index (κ3) is 5.77. The molecule has 0 aliphatic heterocycles. The van der Waals surface area contributed by atoms with Gasteiger partial charge in [0.1, 0.15) is 16.5 Å². The Balaban J connectivity index is 1.14. The number of fused-ring (bicyclic) bond motifs is 1. The van der Waals surface area contributed by atoms with Crippen LogP contribution in [0.3, 0.4) is 0 Å². The number of rotatable bonds is 8. The Morgan fingerprint density at radius 2 is 1.79 bits per heavy atom. The number of thiophene rings is 1. The zero-order valence-corrected chi connectivity index (χ0v) is 22.4. The van der Waals surface area contributed by atoms with Crippen LogP contribution < -0.4 is 10.2 Å². The van der Waals surface area contributed by atoms with Crippen molar-refractivity contribution in [1.29, 1.82) is 0 Å². The maximum Gasteiger partial charge on any atom is 0.355 e. The van der Waals surface area contributed by atoms with E-state index in [9.17, 15) is 9.59 Å². The van der Waals surface area contributed by atoms with Gasteiger partial charge in [0.25, 0.3) is 5.91 Å². The van der Waals surface area contributed by atoms with Gasteiger partial charge in [-0.15, -0.1) is 21.5 Å². The van der Waals surface area contributed by atoms with Crippen molar-refractivity contribution >= 4 is 62.9 Å². The molecule has 0 saturated heterocycles. The molecule has 11 heteroatoms. The van der Waals surface area contributed by atoms with Crippen LogP contribution in [-0.2, 0) is 4.79 Å². The Kier molecular flexibility index (Phi) is 7.83. The van der Waals surface area contributed by atoms with Gasteiger partial charge >= 0.3 is 5.97 Å². The molecule has 8 nitrogen and oxygen atoms in total. The number of hydrazone groups is 1. The fourth-order valence-electron chi connectivity index (χ4n) is 3.57. The zero-order chi connectivity index (χ0) is 26.5. The number of carbonyl (C=O) groups excluding carboxylic acids is 2. The van der Waals surface area contributed by atoms with Gasteiger partial charge < -0.3 is 4.74 Å². The molecule has 5 rings (SSSR count). The number of halogens is 1. The highest BCUT2D eigenvalue weighted by atomic mass is 35.5. The molecule has 1 amide bonds. The second kappa shape index (κ2) is 11.6. The second-order valence-corrected chi connectivity index (χ2v) is 10.4. The lowest BCUT2D eigenvalue weighted by molar-refractivity contribution is -0.118. The highest BCUT2D eigenvalue weighted by Gasteiger charge is 2.19. The lowest BCUT2D eigenvalue weighted by Gasteiger charge is -2.07. The Bertz CT molecular complexity index is 1630. The molecule has 5 aromatic rings. The molecule has 0 aliphatic rings. The van der Waals surface area contributed by atoms with Crippen LogP contribution in [0.5, 0.6) is 5.75 Å². The van der Waals surface area contributed by atoms with Gasteiger partial charge in [-0.2, -0.15) is 5.10 Å². The number of nitrogens with zero attached hydrogens (tertiary/aromatic N) is 4. The SMILES string of the molecule is Cc1nnc(SCC(=O)NN=Cc2ccc(OC(=O)c3sc4ccccc4c3Cl)cc2)n1-c1ccccc1. The molecule has 190 valence electrons. The average Bonchev–Trinajstić information content (AvgIpc) is 3.48. The number of para-hydroxylation sites is 1. The maximum atomic E-state index is 12.6. The van der Waals surface area contributed by atoms with E-state index in [1.165, 1.54) is 29.3 Å². The van der Waals surface area contributed by atoms with Gasteiger partial charge in [-0.3, -0.25) is 9.36 Å². The number of hydrogen-bond donors (Lipinski definition) is 1. The summed E-state index contributed by atoms with van der Waals surface area (Å²) < 4.78 is 8.30. The minimum absolute atomic E-state index is 0.123. The molecule has 0 spiro atoms. The van der Waals surface area contributed by atoms with E-state index in [-0.39, 0.29) is 11.7 Å². The first-order valence-electron chi connectivity index (χ1n) is 11.4.